The minimum atomic E-state index is -0.922. The molecule has 25 heavy (non-hydrogen) atoms. The van der Waals surface area contributed by atoms with E-state index in [2.05, 4.69) is 17.6 Å². The van der Waals surface area contributed by atoms with Crippen LogP contribution in [0.4, 0.5) is 19.3 Å². The molecule has 0 atom stereocenters. The van der Waals surface area contributed by atoms with Crippen LogP contribution in [0.25, 0.3) is 0 Å². The minimum Gasteiger partial charge on any atom is -0.324 e. The zero-order valence-electron chi connectivity index (χ0n) is 13.8. The van der Waals surface area contributed by atoms with Gasteiger partial charge in [0, 0.05) is 11.8 Å². The van der Waals surface area contributed by atoms with Crippen LogP contribution in [-0.2, 0) is 9.59 Å². The van der Waals surface area contributed by atoms with Crippen molar-refractivity contribution in [2.75, 3.05) is 11.9 Å². The molecular formula is C17H19F2N3O3. The van der Waals surface area contributed by atoms with Crippen LogP contribution < -0.4 is 10.6 Å². The minimum absolute atomic E-state index is 0.0734. The molecule has 1 aromatic carbocycles. The molecule has 0 radical (unpaired) electrons. The molecule has 1 heterocycles. The third-order valence-electron chi connectivity index (χ3n) is 4.82. The van der Waals surface area contributed by atoms with Crippen LogP contribution in [0.1, 0.15) is 32.6 Å². The lowest BCUT2D eigenvalue weighted by Gasteiger charge is -2.33. The van der Waals surface area contributed by atoms with E-state index in [9.17, 15) is 23.2 Å². The van der Waals surface area contributed by atoms with E-state index in [0.29, 0.717) is 24.8 Å². The van der Waals surface area contributed by atoms with Crippen molar-refractivity contribution in [3.63, 3.8) is 0 Å². The SMILES string of the molecule is CC1CCC2(CC1)NC(=O)N(CC(=O)Nc1cc(F)cc(F)c1)C2=O. The topological polar surface area (TPSA) is 78.5 Å². The highest BCUT2D eigenvalue weighted by atomic mass is 19.1. The number of nitrogens with zero attached hydrogens (tertiary/aromatic N) is 1. The van der Waals surface area contributed by atoms with Gasteiger partial charge in [0.2, 0.25) is 5.91 Å². The number of rotatable bonds is 3. The first-order valence-electron chi connectivity index (χ1n) is 8.19. The van der Waals surface area contributed by atoms with Gasteiger partial charge in [-0.3, -0.25) is 14.5 Å². The number of carbonyl (C=O) groups is 3. The molecule has 1 aliphatic carbocycles. The van der Waals surface area contributed by atoms with Crippen molar-refractivity contribution in [1.82, 2.24) is 10.2 Å². The second-order valence-corrected chi connectivity index (χ2v) is 6.79. The molecule has 134 valence electrons. The summed E-state index contributed by atoms with van der Waals surface area (Å²) in [5.41, 5.74) is -0.995. The fourth-order valence-electron chi connectivity index (χ4n) is 3.38. The van der Waals surface area contributed by atoms with Gasteiger partial charge < -0.3 is 10.6 Å². The summed E-state index contributed by atoms with van der Waals surface area (Å²) in [4.78, 5) is 37.7. The van der Waals surface area contributed by atoms with Crippen LogP contribution in [0.5, 0.6) is 0 Å². The molecule has 2 aliphatic rings. The predicted molar refractivity (Wildman–Crippen MR) is 85.6 cm³/mol. The second kappa shape index (κ2) is 6.42. The Morgan fingerprint density at radius 1 is 1.24 bits per heavy atom. The maximum absolute atomic E-state index is 13.2. The van der Waals surface area contributed by atoms with Gasteiger partial charge in [-0.1, -0.05) is 6.92 Å². The number of benzene rings is 1. The number of hydrogen-bond donors (Lipinski definition) is 2. The summed E-state index contributed by atoms with van der Waals surface area (Å²) in [6.45, 7) is 1.59. The van der Waals surface area contributed by atoms with E-state index in [1.54, 1.807) is 0 Å². The number of halogens is 2. The Balaban J connectivity index is 1.67. The number of amides is 4. The van der Waals surface area contributed by atoms with Crippen LogP contribution in [-0.4, -0.2) is 34.8 Å². The highest BCUT2D eigenvalue weighted by Gasteiger charge is 2.52. The Kier molecular flexibility index (Phi) is 4.45. The van der Waals surface area contributed by atoms with Gasteiger partial charge in [0.1, 0.15) is 23.7 Å². The number of imide groups is 1. The van der Waals surface area contributed by atoms with Gasteiger partial charge in [-0.15, -0.1) is 0 Å². The van der Waals surface area contributed by atoms with E-state index in [0.717, 1.165) is 29.9 Å². The summed E-state index contributed by atoms with van der Waals surface area (Å²) in [5.74, 6) is -2.28. The van der Waals surface area contributed by atoms with Crippen molar-refractivity contribution < 1.29 is 23.2 Å². The molecule has 3 rings (SSSR count). The monoisotopic (exact) mass is 351 g/mol. The molecule has 1 aliphatic heterocycles. The van der Waals surface area contributed by atoms with Crippen LogP contribution in [0.15, 0.2) is 18.2 Å². The van der Waals surface area contributed by atoms with Crippen molar-refractivity contribution in [2.24, 2.45) is 5.92 Å². The predicted octanol–water partition coefficient (Wildman–Crippen LogP) is 2.40. The molecule has 6 nitrogen and oxygen atoms in total. The molecule has 4 amide bonds. The van der Waals surface area contributed by atoms with Crippen molar-refractivity contribution in [1.29, 1.82) is 0 Å². The molecule has 2 fully saturated rings. The third kappa shape index (κ3) is 3.47. The maximum Gasteiger partial charge on any atom is 0.325 e. The van der Waals surface area contributed by atoms with Crippen molar-refractivity contribution in [3.05, 3.63) is 29.8 Å². The lowest BCUT2D eigenvalue weighted by Crippen LogP contribution is -2.49. The van der Waals surface area contributed by atoms with Gasteiger partial charge in [-0.25, -0.2) is 13.6 Å². The summed E-state index contributed by atoms with van der Waals surface area (Å²) < 4.78 is 26.3. The lowest BCUT2D eigenvalue weighted by molar-refractivity contribution is -0.135. The first kappa shape index (κ1) is 17.3. The smallest absolute Gasteiger partial charge is 0.324 e. The molecule has 0 unspecified atom stereocenters. The van der Waals surface area contributed by atoms with Gasteiger partial charge in [0.05, 0.1) is 0 Å². The van der Waals surface area contributed by atoms with Crippen molar-refractivity contribution >= 4 is 23.5 Å². The summed E-state index contributed by atoms with van der Waals surface area (Å²) in [6.07, 6.45) is 2.75. The van der Waals surface area contributed by atoms with E-state index < -0.39 is 41.6 Å². The summed E-state index contributed by atoms with van der Waals surface area (Å²) >= 11 is 0. The third-order valence-corrected chi connectivity index (χ3v) is 4.82. The van der Waals surface area contributed by atoms with Crippen molar-refractivity contribution in [2.45, 2.75) is 38.1 Å². The van der Waals surface area contributed by atoms with Crippen LogP contribution >= 0.6 is 0 Å². The average Bonchev–Trinajstić information content (AvgIpc) is 2.74. The van der Waals surface area contributed by atoms with Crippen LogP contribution in [0.2, 0.25) is 0 Å². The van der Waals surface area contributed by atoms with Crippen LogP contribution in [0, 0.1) is 17.6 Å². The number of urea groups is 1. The average molecular weight is 351 g/mol. The summed E-state index contributed by atoms with van der Waals surface area (Å²) in [7, 11) is 0. The first-order chi connectivity index (χ1) is 11.8. The number of hydrogen-bond acceptors (Lipinski definition) is 3. The molecule has 1 saturated heterocycles. The quantitative estimate of drug-likeness (QED) is 0.821. The van der Waals surface area contributed by atoms with E-state index in [1.165, 1.54) is 0 Å². The summed E-state index contributed by atoms with van der Waals surface area (Å²) in [6, 6.07) is 1.98. The van der Waals surface area contributed by atoms with Crippen LogP contribution in [0.3, 0.4) is 0 Å². The normalized spacial score (nSPS) is 26.0. The van der Waals surface area contributed by atoms with Gasteiger partial charge in [0.25, 0.3) is 5.91 Å². The standard InChI is InChI=1S/C17H19F2N3O3/c1-10-2-4-17(5-3-10)15(24)22(16(25)21-17)9-14(23)20-13-7-11(18)6-12(19)8-13/h6-8,10H,2-5,9H2,1H3,(H,20,23)(H,21,25). The molecule has 2 N–H and O–H groups in total. The van der Waals surface area contributed by atoms with E-state index in [-0.39, 0.29) is 5.69 Å². The number of nitrogens with one attached hydrogen (secondary N) is 2. The van der Waals surface area contributed by atoms with E-state index in [4.69, 9.17) is 0 Å². The van der Waals surface area contributed by atoms with Gasteiger partial charge in [-0.05, 0) is 43.7 Å². The Morgan fingerprint density at radius 3 is 2.44 bits per heavy atom. The maximum atomic E-state index is 13.2. The first-order valence-corrected chi connectivity index (χ1v) is 8.19. The molecule has 1 spiro atoms. The molecule has 0 bridgehead atoms. The fraction of sp³-hybridized carbons (Fsp3) is 0.471. The largest absolute Gasteiger partial charge is 0.325 e. The molecule has 1 saturated carbocycles. The second-order valence-electron chi connectivity index (χ2n) is 6.79. The molecule has 1 aromatic rings. The Morgan fingerprint density at radius 2 is 1.84 bits per heavy atom. The molecule has 0 aromatic heterocycles. The highest BCUT2D eigenvalue weighted by molar-refractivity contribution is 6.10. The molecular weight excluding hydrogens is 332 g/mol. The van der Waals surface area contributed by atoms with Gasteiger partial charge in [0.15, 0.2) is 0 Å². The van der Waals surface area contributed by atoms with Gasteiger partial charge >= 0.3 is 6.03 Å². The number of anilines is 1. The zero-order valence-corrected chi connectivity index (χ0v) is 13.8. The Hall–Kier alpha value is -2.51. The lowest BCUT2D eigenvalue weighted by atomic mass is 9.77. The van der Waals surface area contributed by atoms with E-state index in [1.807, 2.05) is 0 Å². The fourth-order valence-corrected chi connectivity index (χ4v) is 3.38. The van der Waals surface area contributed by atoms with Gasteiger partial charge in [-0.2, -0.15) is 0 Å². The molecule has 8 heteroatoms. The Bertz CT molecular complexity index is 710. The van der Waals surface area contributed by atoms with Crippen molar-refractivity contribution in [3.8, 4) is 0 Å². The van der Waals surface area contributed by atoms with E-state index >= 15 is 0 Å². The number of carbonyl (C=O) groups excluding carboxylic acids is 3. The Labute approximate surface area is 143 Å². The highest BCUT2D eigenvalue weighted by Crippen LogP contribution is 2.36. The summed E-state index contributed by atoms with van der Waals surface area (Å²) in [5, 5.41) is 5.01. The zero-order chi connectivity index (χ0) is 18.2.